The number of aromatic nitrogens is 3. The van der Waals surface area contributed by atoms with E-state index in [1.54, 1.807) is 18.6 Å². The Kier molecular flexibility index (Phi) is 4.02. The van der Waals surface area contributed by atoms with Crippen molar-refractivity contribution in [2.45, 2.75) is 11.9 Å². The molecule has 3 aromatic rings. The molecule has 3 rings (SSSR count). The van der Waals surface area contributed by atoms with E-state index in [1.807, 2.05) is 31.2 Å². The number of benzene rings is 1. The Morgan fingerprint density at radius 2 is 2.14 bits per heavy atom. The first kappa shape index (κ1) is 14.5. The lowest BCUT2D eigenvalue weighted by Crippen LogP contribution is -1.99. The summed E-state index contributed by atoms with van der Waals surface area (Å²) in [6, 6.07) is 7.89. The fraction of sp³-hybridized carbons (Fsp3) is 0.125. The quantitative estimate of drug-likeness (QED) is 0.746. The third kappa shape index (κ3) is 2.92. The number of carboxylic acids is 1. The summed E-state index contributed by atoms with van der Waals surface area (Å²) in [5, 5.41) is 10.4. The van der Waals surface area contributed by atoms with Crippen molar-refractivity contribution in [1.82, 2.24) is 15.0 Å². The van der Waals surface area contributed by atoms with Gasteiger partial charge in [-0.25, -0.2) is 4.98 Å². The molecule has 1 N–H and O–H groups in total. The molecule has 6 heteroatoms. The lowest BCUT2D eigenvalue weighted by atomic mass is 10.0. The standard InChI is InChI=1S/C16H13N3O2S/c1-10-4-5-11(12-3-2-6-18-16(10)12)13-7-17-8-14(19-13)22-9-15(20)21/h2-8H,9H2,1H3,(H,20,21). The summed E-state index contributed by atoms with van der Waals surface area (Å²) in [6.45, 7) is 2.02. The first-order valence-corrected chi connectivity index (χ1v) is 7.65. The normalized spacial score (nSPS) is 10.8. The molecule has 0 fully saturated rings. The molecule has 22 heavy (non-hydrogen) atoms. The molecule has 0 spiro atoms. The number of pyridine rings is 1. The molecule has 2 aromatic heterocycles. The summed E-state index contributed by atoms with van der Waals surface area (Å²) >= 11 is 1.16. The topological polar surface area (TPSA) is 76.0 Å². The Morgan fingerprint density at radius 1 is 1.27 bits per heavy atom. The minimum Gasteiger partial charge on any atom is -0.481 e. The molecule has 2 heterocycles. The van der Waals surface area contributed by atoms with Crippen molar-refractivity contribution in [3.05, 3.63) is 48.4 Å². The second-order valence-electron chi connectivity index (χ2n) is 4.75. The van der Waals surface area contributed by atoms with Crippen LogP contribution in [0.2, 0.25) is 0 Å². The average molecular weight is 311 g/mol. The molecule has 0 aliphatic heterocycles. The Bertz CT molecular complexity index is 852. The molecule has 0 saturated carbocycles. The fourth-order valence-corrected chi connectivity index (χ4v) is 2.79. The highest BCUT2D eigenvalue weighted by Gasteiger charge is 2.09. The van der Waals surface area contributed by atoms with Gasteiger partial charge in [0, 0.05) is 17.1 Å². The van der Waals surface area contributed by atoms with Gasteiger partial charge in [-0.1, -0.05) is 30.0 Å². The van der Waals surface area contributed by atoms with Crippen molar-refractivity contribution in [1.29, 1.82) is 0 Å². The molecule has 1 aromatic carbocycles. The predicted molar refractivity (Wildman–Crippen MR) is 85.9 cm³/mol. The zero-order valence-electron chi connectivity index (χ0n) is 11.9. The minimum absolute atomic E-state index is 0.0334. The van der Waals surface area contributed by atoms with E-state index in [1.165, 1.54) is 0 Å². The number of nitrogens with zero attached hydrogens (tertiary/aromatic N) is 3. The Balaban J connectivity index is 2.06. The number of fused-ring (bicyclic) bond motifs is 1. The van der Waals surface area contributed by atoms with Gasteiger partial charge in [0.25, 0.3) is 0 Å². The molecule has 0 saturated heterocycles. The van der Waals surface area contributed by atoms with Gasteiger partial charge in [0.2, 0.25) is 0 Å². The third-order valence-corrected chi connectivity index (χ3v) is 4.09. The number of aryl methyl sites for hydroxylation is 1. The number of hydrogen-bond acceptors (Lipinski definition) is 5. The van der Waals surface area contributed by atoms with Crippen LogP contribution in [-0.2, 0) is 4.79 Å². The van der Waals surface area contributed by atoms with Crippen LogP contribution in [0.4, 0.5) is 0 Å². The smallest absolute Gasteiger partial charge is 0.313 e. The van der Waals surface area contributed by atoms with Crippen molar-refractivity contribution >= 4 is 28.6 Å². The van der Waals surface area contributed by atoms with Gasteiger partial charge in [-0.15, -0.1) is 0 Å². The number of aliphatic carboxylic acids is 1. The predicted octanol–water partition coefficient (Wildman–Crippen LogP) is 3.18. The van der Waals surface area contributed by atoms with E-state index < -0.39 is 5.97 Å². The number of thioether (sulfide) groups is 1. The molecule has 0 amide bonds. The van der Waals surface area contributed by atoms with Crippen molar-refractivity contribution in [2.24, 2.45) is 0 Å². The molecule has 0 aliphatic carbocycles. The average Bonchev–Trinajstić information content (AvgIpc) is 2.54. The largest absolute Gasteiger partial charge is 0.481 e. The zero-order chi connectivity index (χ0) is 15.5. The van der Waals surface area contributed by atoms with Crippen LogP contribution < -0.4 is 0 Å². The van der Waals surface area contributed by atoms with Crippen molar-refractivity contribution in [3.63, 3.8) is 0 Å². The van der Waals surface area contributed by atoms with Crippen LogP contribution >= 0.6 is 11.8 Å². The highest BCUT2D eigenvalue weighted by atomic mass is 32.2. The first-order chi connectivity index (χ1) is 10.6. The molecule has 0 atom stereocenters. The van der Waals surface area contributed by atoms with Gasteiger partial charge in [-0.3, -0.25) is 14.8 Å². The van der Waals surface area contributed by atoms with Crippen molar-refractivity contribution in [2.75, 3.05) is 5.75 Å². The summed E-state index contributed by atoms with van der Waals surface area (Å²) in [6.07, 6.45) is 5.03. The number of carbonyl (C=O) groups is 1. The van der Waals surface area contributed by atoms with E-state index in [-0.39, 0.29) is 5.75 Å². The lowest BCUT2D eigenvalue weighted by molar-refractivity contribution is -0.133. The van der Waals surface area contributed by atoms with E-state index in [9.17, 15) is 4.79 Å². The molecule has 0 unspecified atom stereocenters. The Morgan fingerprint density at radius 3 is 2.95 bits per heavy atom. The number of carboxylic acid groups (broad SMARTS) is 1. The second-order valence-corrected chi connectivity index (χ2v) is 5.75. The highest BCUT2D eigenvalue weighted by Crippen LogP contribution is 2.29. The van der Waals surface area contributed by atoms with Gasteiger partial charge < -0.3 is 5.11 Å². The SMILES string of the molecule is Cc1ccc(-c2cncc(SCC(=O)O)n2)c2cccnc12. The van der Waals surface area contributed by atoms with E-state index in [4.69, 9.17) is 5.11 Å². The van der Waals surface area contributed by atoms with E-state index in [0.717, 1.165) is 33.8 Å². The molecule has 0 bridgehead atoms. The van der Waals surface area contributed by atoms with Crippen LogP contribution in [0.15, 0.2) is 47.9 Å². The van der Waals surface area contributed by atoms with E-state index in [2.05, 4.69) is 15.0 Å². The minimum atomic E-state index is -0.873. The Hall–Kier alpha value is -2.47. The number of rotatable bonds is 4. The summed E-state index contributed by atoms with van der Waals surface area (Å²) in [4.78, 5) is 23.8. The first-order valence-electron chi connectivity index (χ1n) is 6.66. The summed E-state index contributed by atoms with van der Waals surface area (Å²) < 4.78 is 0. The molecular weight excluding hydrogens is 298 g/mol. The lowest BCUT2D eigenvalue weighted by Gasteiger charge is -2.08. The van der Waals surface area contributed by atoms with Crippen molar-refractivity contribution < 1.29 is 9.90 Å². The van der Waals surface area contributed by atoms with Crippen LogP contribution in [0.1, 0.15) is 5.56 Å². The second kappa shape index (κ2) is 6.11. The highest BCUT2D eigenvalue weighted by molar-refractivity contribution is 7.99. The van der Waals surface area contributed by atoms with Crippen molar-refractivity contribution in [3.8, 4) is 11.3 Å². The molecule has 5 nitrogen and oxygen atoms in total. The summed E-state index contributed by atoms with van der Waals surface area (Å²) in [7, 11) is 0. The van der Waals surface area contributed by atoms with Gasteiger partial charge >= 0.3 is 5.97 Å². The van der Waals surface area contributed by atoms with Gasteiger partial charge in [0.05, 0.1) is 29.4 Å². The van der Waals surface area contributed by atoms with Crippen LogP contribution in [0.5, 0.6) is 0 Å². The molecule has 0 aliphatic rings. The van der Waals surface area contributed by atoms with Gasteiger partial charge in [0.15, 0.2) is 0 Å². The maximum absolute atomic E-state index is 10.7. The van der Waals surface area contributed by atoms with Crippen LogP contribution in [0.3, 0.4) is 0 Å². The zero-order valence-corrected chi connectivity index (χ0v) is 12.7. The van der Waals surface area contributed by atoms with Gasteiger partial charge in [-0.05, 0) is 18.6 Å². The van der Waals surface area contributed by atoms with E-state index >= 15 is 0 Å². The Labute approximate surface area is 131 Å². The van der Waals surface area contributed by atoms with Crippen LogP contribution in [0.25, 0.3) is 22.2 Å². The monoisotopic (exact) mass is 311 g/mol. The fourth-order valence-electron chi connectivity index (χ4n) is 2.22. The van der Waals surface area contributed by atoms with E-state index in [0.29, 0.717) is 10.7 Å². The summed E-state index contributed by atoms with van der Waals surface area (Å²) in [5.41, 5.74) is 3.70. The van der Waals surface area contributed by atoms with Crippen LogP contribution in [-0.4, -0.2) is 31.8 Å². The van der Waals surface area contributed by atoms with Gasteiger partial charge in [0.1, 0.15) is 5.03 Å². The molecule has 110 valence electrons. The molecule has 0 radical (unpaired) electrons. The molecular formula is C16H13N3O2S. The third-order valence-electron chi connectivity index (χ3n) is 3.20. The van der Waals surface area contributed by atoms with Crippen LogP contribution in [0, 0.1) is 6.92 Å². The summed E-state index contributed by atoms with van der Waals surface area (Å²) in [5.74, 6) is -0.906. The number of hydrogen-bond donors (Lipinski definition) is 1. The maximum atomic E-state index is 10.7. The maximum Gasteiger partial charge on any atom is 0.313 e. The van der Waals surface area contributed by atoms with Gasteiger partial charge in [-0.2, -0.15) is 0 Å².